The third kappa shape index (κ3) is 2.74. The van der Waals surface area contributed by atoms with Gasteiger partial charge in [-0.3, -0.25) is 0 Å². The van der Waals surface area contributed by atoms with E-state index < -0.39 is 0 Å². The molecule has 0 saturated heterocycles. The number of rotatable bonds is 4. The van der Waals surface area contributed by atoms with E-state index in [-0.39, 0.29) is 0 Å². The lowest BCUT2D eigenvalue weighted by Crippen LogP contribution is -2.10. The maximum atomic E-state index is 8.64. The van der Waals surface area contributed by atoms with Gasteiger partial charge >= 0.3 is 0 Å². The number of hydrogen-bond donors (Lipinski definition) is 1. The van der Waals surface area contributed by atoms with Crippen LogP contribution in [-0.4, -0.2) is 29.2 Å². The standard InChI is InChI=1S/C11H12N6O/c1-17(2)11-15-10(18-16-11)7-14-9-4-3-8(5-12)6-13-9/h3-4,6H,7H2,1-2H3,(H,13,14). The van der Waals surface area contributed by atoms with Crippen LogP contribution in [0.25, 0.3) is 0 Å². The summed E-state index contributed by atoms with van der Waals surface area (Å²) in [7, 11) is 3.68. The summed E-state index contributed by atoms with van der Waals surface area (Å²) < 4.78 is 5.05. The van der Waals surface area contributed by atoms with Crippen molar-refractivity contribution in [2.45, 2.75) is 6.54 Å². The van der Waals surface area contributed by atoms with Crippen LogP contribution in [0.5, 0.6) is 0 Å². The van der Waals surface area contributed by atoms with E-state index in [4.69, 9.17) is 9.78 Å². The van der Waals surface area contributed by atoms with Gasteiger partial charge in [-0.25, -0.2) is 4.98 Å². The third-order valence-corrected chi connectivity index (χ3v) is 2.17. The van der Waals surface area contributed by atoms with Gasteiger partial charge in [-0.05, 0) is 17.3 Å². The summed E-state index contributed by atoms with van der Waals surface area (Å²) in [6.45, 7) is 0.389. The molecule has 1 N–H and O–H groups in total. The van der Waals surface area contributed by atoms with E-state index in [1.807, 2.05) is 20.2 Å². The molecule has 0 aliphatic heterocycles. The average molecular weight is 244 g/mol. The van der Waals surface area contributed by atoms with Crippen molar-refractivity contribution in [1.29, 1.82) is 5.26 Å². The van der Waals surface area contributed by atoms with E-state index in [2.05, 4.69) is 20.4 Å². The first-order valence-corrected chi connectivity index (χ1v) is 5.29. The Morgan fingerprint density at radius 2 is 2.28 bits per heavy atom. The van der Waals surface area contributed by atoms with E-state index >= 15 is 0 Å². The van der Waals surface area contributed by atoms with Crippen LogP contribution in [0, 0.1) is 11.3 Å². The van der Waals surface area contributed by atoms with Gasteiger partial charge in [-0.1, -0.05) is 0 Å². The SMILES string of the molecule is CN(C)c1noc(CNc2ccc(C#N)cn2)n1. The molecule has 0 amide bonds. The molecule has 18 heavy (non-hydrogen) atoms. The number of pyridine rings is 1. The Hall–Kier alpha value is -2.62. The maximum Gasteiger partial charge on any atom is 0.265 e. The second-order valence-electron chi connectivity index (χ2n) is 3.78. The van der Waals surface area contributed by atoms with Crippen molar-refractivity contribution in [2.24, 2.45) is 0 Å². The number of nitrogens with one attached hydrogen (secondary N) is 1. The minimum atomic E-state index is 0.389. The number of aromatic nitrogens is 3. The van der Waals surface area contributed by atoms with Gasteiger partial charge in [0.2, 0.25) is 5.89 Å². The molecule has 0 aromatic carbocycles. The quantitative estimate of drug-likeness (QED) is 0.858. The number of nitriles is 1. The van der Waals surface area contributed by atoms with Gasteiger partial charge in [0.1, 0.15) is 11.9 Å². The minimum Gasteiger partial charge on any atom is -0.361 e. The zero-order valence-electron chi connectivity index (χ0n) is 10.1. The second kappa shape index (κ2) is 5.14. The molecule has 0 atom stereocenters. The van der Waals surface area contributed by atoms with E-state index in [1.165, 1.54) is 6.20 Å². The van der Waals surface area contributed by atoms with E-state index in [9.17, 15) is 0 Å². The summed E-state index contributed by atoms with van der Waals surface area (Å²) in [6.07, 6.45) is 1.50. The molecule has 92 valence electrons. The van der Waals surface area contributed by atoms with Crippen molar-refractivity contribution in [3.05, 3.63) is 29.8 Å². The Kier molecular flexibility index (Phi) is 3.38. The highest BCUT2D eigenvalue weighted by Crippen LogP contribution is 2.08. The summed E-state index contributed by atoms with van der Waals surface area (Å²) >= 11 is 0. The monoisotopic (exact) mass is 244 g/mol. The van der Waals surface area contributed by atoms with Crippen molar-refractivity contribution in [2.75, 3.05) is 24.3 Å². The summed E-state index contributed by atoms with van der Waals surface area (Å²) in [5.41, 5.74) is 0.522. The van der Waals surface area contributed by atoms with Crippen LogP contribution >= 0.6 is 0 Å². The lowest BCUT2D eigenvalue weighted by Gasteiger charge is -2.03. The van der Waals surface area contributed by atoms with Crippen LogP contribution in [-0.2, 0) is 6.54 Å². The van der Waals surface area contributed by atoms with Crippen LogP contribution in [0.4, 0.5) is 11.8 Å². The zero-order valence-corrected chi connectivity index (χ0v) is 10.1. The normalized spacial score (nSPS) is 9.83. The van der Waals surface area contributed by atoms with Crippen LogP contribution in [0.3, 0.4) is 0 Å². The molecule has 2 rings (SSSR count). The van der Waals surface area contributed by atoms with Gasteiger partial charge in [0.25, 0.3) is 5.95 Å². The molecule has 0 bridgehead atoms. The summed E-state index contributed by atoms with van der Waals surface area (Å²) in [6, 6.07) is 5.42. The Morgan fingerprint density at radius 3 is 2.83 bits per heavy atom. The Labute approximate surface area is 104 Å². The highest BCUT2D eigenvalue weighted by molar-refractivity contribution is 5.39. The van der Waals surface area contributed by atoms with Gasteiger partial charge in [0.05, 0.1) is 12.1 Å². The molecule has 0 spiro atoms. The van der Waals surface area contributed by atoms with Crippen molar-refractivity contribution in [3.63, 3.8) is 0 Å². The highest BCUT2D eigenvalue weighted by atomic mass is 16.5. The summed E-state index contributed by atoms with van der Waals surface area (Å²) in [5.74, 6) is 1.66. The average Bonchev–Trinajstić information content (AvgIpc) is 2.86. The second-order valence-corrected chi connectivity index (χ2v) is 3.78. The number of nitrogens with zero attached hydrogens (tertiary/aromatic N) is 5. The van der Waals surface area contributed by atoms with Crippen molar-refractivity contribution in [3.8, 4) is 6.07 Å². The van der Waals surface area contributed by atoms with Gasteiger partial charge in [0, 0.05) is 20.3 Å². The fourth-order valence-electron chi connectivity index (χ4n) is 1.23. The predicted octanol–water partition coefficient (Wildman–Crippen LogP) is 1.01. The molecular formula is C11H12N6O. The zero-order chi connectivity index (χ0) is 13.0. The third-order valence-electron chi connectivity index (χ3n) is 2.17. The Morgan fingerprint density at radius 1 is 1.44 bits per heavy atom. The Balaban J connectivity index is 1.96. The van der Waals surface area contributed by atoms with Crippen LogP contribution < -0.4 is 10.2 Å². The first-order valence-electron chi connectivity index (χ1n) is 5.29. The molecule has 0 aliphatic carbocycles. The summed E-state index contributed by atoms with van der Waals surface area (Å²) in [5, 5.41) is 15.5. The molecule has 0 aliphatic rings. The molecule has 0 fully saturated rings. The molecule has 2 aromatic rings. The molecule has 7 heteroatoms. The molecule has 2 heterocycles. The molecule has 0 radical (unpaired) electrons. The fourth-order valence-corrected chi connectivity index (χ4v) is 1.23. The molecule has 2 aromatic heterocycles. The minimum absolute atomic E-state index is 0.389. The largest absolute Gasteiger partial charge is 0.361 e. The molecule has 0 unspecified atom stereocenters. The molecule has 0 saturated carbocycles. The molecular weight excluding hydrogens is 232 g/mol. The molecule has 7 nitrogen and oxygen atoms in total. The van der Waals surface area contributed by atoms with Gasteiger partial charge in [-0.15, -0.1) is 0 Å². The first kappa shape index (κ1) is 11.9. The van der Waals surface area contributed by atoms with Gasteiger partial charge < -0.3 is 14.7 Å². The van der Waals surface area contributed by atoms with Crippen LogP contribution in [0.15, 0.2) is 22.9 Å². The van der Waals surface area contributed by atoms with Crippen LogP contribution in [0.2, 0.25) is 0 Å². The summed E-state index contributed by atoms with van der Waals surface area (Å²) in [4.78, 5) is 9.99. The number of anilines is 2. The lowest BCUT2D eigenvalue weighted by molar-refractivity contribution is 0.383. The topological polar surface area (TPSA) is 90.9 Å². The van der Waals surface area contributed by atoms with Crippen LogP contribution in [0.1, 0.15) is 11.5 Å². The maximum absolute atomic E-state index is 8.64. The first-order chi connectivity index (χ1) is 8.69. The lowest BCUT2D eigenvalue weighted by atomic mass is 10.3. The van der Waals surface area contributed by atoms with Gasteiger partial charge in [0.15, 0.2) is 0 Å². The van der Waals surface area contributed by atoms with E-state index in [1.54, 1.807) is 17.0 Å². The number of hydrogen-bond acceptors (Lipinski definition) is 7. The Bertz CT molecular complexity index is 554. The van der Waals surface area contributed by atoms with Crippen molar-refractivity contribution >= 4 is 11.8 Å². The van der Waals surface area contributed by atoms with E-state index in [0.717, 1.165) is 0 Å². The van der Waals surface area contributed by atoms with E-state index in [0.29, 0.717) is 29.8 Å². The predicted molar refractivity (Wildman–Crippen MR) is 64.9 cm³/mol. The van der Waals surface area contributed by atoms with Crippen molar-refractivity contribution < 1.29 is 4.52 Å². The van der Waals surface area contributed by atoms with Crippen molar-refractivity contribution in [1.82, 2.24) is 15.1 Å². The smallest absolute Gasteiger partial charge is 0.265 e. The fraction of sp³-hybridized carbons (Fsp3) is 0.273. The highest BCUT2D eigenvalue weighted by Gasteiger charge is 2.07. The van der Waals surface area contributed by atoms with Gasteiger partial charge in [-0.2, -0.15) is 10.2 Å².